The molecule has 150 valence electrons. The molecular weight excluding hydrogens is 380 g/mol. The lowest BCUT2D eigenvalue weighted by Gasteiger charge is -2.35. The van der Waals surface area contributed by atoms with Crippen molar-refractivity contribution in [2.75, 3.05) is 33.3 Å². The minimum atomic E-state index is -3.53. The van der Waals surface area contributed by atoms with Crippen LogP contribution in [0.3, 0.4) is 0 Å². The van der Waals surface area contributed by atoms with Gasteiger partial charge in [-0.2, -0.15) is 4.31 Å². The Bertz CT molecular complexity index is 892. The molecule has 2 aromatic rings. The van der Waals surface area contributed by atoms with Crippen molar-refractivity contribution in [1.29, 1.82) is 0 Å². The zero-order valence-corrected chi connectivity index (χ0v) is 16.8. The van der Waals surface area contributed by atoms with Crippen LogP contribution in [-0.2, 0) is 14.8 Å². The molecule has 1 amide bonds. The van der Waals surface area contributed by atoms with Crippen molar-refractivity contribution in [2.24, 2.45) is 0 Å². The number of ether oxygens (including phenoxy) is 2. The van der Waals surface area contributed by atoms with E-state index in [1.54, 1.807) is 73.5 Å². The molecule has 3 rings (SSSR count). The van der Waals surface area contributed by atoms with E-state index in [1.807, 2.05) is 0 Å². The van der Waals surface area contributed by atoms with Crippen molar-refractivity contribution in [2.45, 2.75) is 17.9 Å². The van der Waals surface area contributed by atoms with Gasteiger partial charge in [-0.25, -0.2) is 8.42 Å². The maximum absolute atomic E-state index is 12.7. The van der Waals surface area contributed by atoms with Crippen molar-refractivity contribution < 1.29 is 22.7 Å². The molecule has 0 aliphatic carbocycles. The van der Waals surface area contributed by atoms with E-state index in [0.717, 1.165) is 0 Å². The maximum Gasteiger partial charge on any atom is 0.263 e. The van der Waals surface area contributed by atoms with Gasteiger partial charge in [-0.15, -0.1) is 0 Å². The Morgan fingerprint density at radius 2 is 1.50 bits per heavy atom. The van der Waals surface area contributed by atoms with E-state index in [4.69, 9.17) is 9.47 Å². The largest absolute Gasteiger partial charge is 0.497 e. The van der Waals surface area contributed by atoms with Crippen LogP contribution in [0.25, 0.3) is 0 Å². The van der Waals surface area contributed by atoms with Crippen molar-refractivity contribution in [3.8, 4) is 11.5 Å². The molecule has 1 aliphatic heterocycles. The van der Waals surface area contributed by atoms with E-state index < -0.39 is 16.1 Å². The number of nitrogens with zero attached hydrogens (tertiary/aromatic N) is 2. The summed E-state index contributed by atoms with van der Waals surface area (Å²) >= 11 is 0. The standard InChI is InChI=1S/C20H24N2O5S/c1-16(27-18-10-8-17(26-2)9-11-18)20(23)21-12-14-22(15-13-21)28(24,25)19-6-4-3-5-7-19/h3-11,16H,12-15H2,1-2H3/t16-/m0/s1. The number of sulfonamides is 1. The van der Waals surface area contributed by atoms with Crippen molar-refractivity contribution >= 4 is 15.9 Å². The molecule has 7 nitrogen and oxygen atoms in total. The summed E-state index contributed by atoms with van der Waals surface area (Å²) in [6.45, 7) is 2.89. The molecule has 0 aromatic heterocycles. The summed E-state index contributed by atoms with van der Waals surface area (Å²) in [6, 6.07) is 15.4. The molecule has 2 aromatic carbocycles. The third kappa shape index (κ3) is 4.45. The van der Waals surface area contributed by atoms with Crippen LogP contribution in [-0.4, -0.2) is 62.9 Å². The summed E-state index contributed by atoms with van der Waals surface area (Å²) in [6.07, 6.45) is -0.661. The number of carbonyl (C=O) groups excluding carboxylic acids is 1. The van der Waals surface area contributed by atoms with E-state index in [9.17, 15) is 13.2 Å². The quantitative estimate of drug-likeness (QED) is 0.736. The highest BCUT2D eigenvalue weighted by Crippen LogP contribution is 2.20. The van der Waals surface area contributed by atoms with Gasteiger partial charge < -0.3 is 14.4 Å². The number of carbonyl (C=O) groups is 1. The first kappa shape index (κ1) is 20.2. The Balaban J connectivity index is 1.57. The van der Waals surface area contributed by atoms with Gasteiger partial charge in [0.1, 0.15) is 11.5 Å². The lowest BCUT2D eigenvalue weighted by atomic mass is 10.2. The number of methoxy groups -OCH3 is 1. The molecule has 0 bridgehead atoms. The van der Waals surface area contributed by atoms with Crippen LogP contribution in [0, 0.1) is 0 Å². The van der Waals surface area contributed by atoms with E-state index >= 15 is 0 Å². The average molecular weight is 404 g/mol. The summed E-state index contributed by atoms with van der Waals surface area (Å²) in [7, 11) is -1.95. The molecule has 0 saturated carbocycles. The van der Waals surface area contributed by atoms with Crippen LogP contribution >= 0.6 is 0 Å². The van der Waals surface area contributed by atoms with Gasteiger partial charge >= 0.3 is 0 Å². The molecule has 8 heteroatoms. The first-order valence-corrected chi connectivity index (χ1v) is 10.5. The molecule has 0 unspecified atom stereocenters. The highest BCUT2D eigenvalue weighted by atomic mass is 32.2. The third-order valence-corrected chi connectivity index (χ3v) is 6.56. The Labute approximate surface area is 165 Å². The Hall–Kier alpha value is -2.58. The molecule has 1 saturated heterocycles. The Morgan fingerprint density at radius 1 is 0.929 bits per heavy atom. The fourth-order valence-electron chi connectivity index (χ4n) is 3.06. The lowest BCUT2D eigenvalue weighted by molar-refractivity contribution is -0.139. The topological polar surface area (TPSA) is 76.2 Å². The minimum absolute atomic E-state index is 0.160. The SMILES string of the molecule is COc1ccc(O[C@@H](C)C(=O)N2CCN(S(=O)(=O)c3ccccc3)CC2)cc1. The monoisotopic (exact) mass is 404 g/mol. The summed E-state index contributed by atoms with van der Waals surface area (Å²) in [5.74, 6) is 1.13. The number of benzene rings is 2. The molecule has 1 aliphatic rings. The molecule has 0 radical (unpaired) electrons. The predicted octanol–water partition coefficient (Wildman–Crippen LogP) is 2.00. The van der Waals surface area contributed by atoms with Crippen LogP contribution in [0.15, 0.2) is 59.5 Å². The van der Waals surface area contributed by atoms with Crippen molar-refractivity contribution in [3.63, 3.8) is 0 Å². The minimum Gasteiger partial charge on any atom is -0.497 e. The predicted molar refractivity (Wildman–Crippen MR) is 105 cm³/mol. The second-order valence-corrected chi connectivity index (χ2v) is 8.42. The number of amides is 1. The van der Waals surface area contributed by atoms with E-state index in [2.05, 4.69) is 0 Å². The van der Waals surface area contributed by atoms with Crippen LogP contribution in [0.2, 0.25) is 0 Å². The fourth-order valence-corrected chi connectivity index (χ4v) is 4.50. The van der Waals surface area contributed by atoms with Crippen LogP contribution in [0.5, 0.6) is 11.5 Å². The fraction of sp³-hybridized carbons (Fsp3) is 0.350. The van der Waals surface area contributed by atoms with Crippen LogP contribution < -0.4 is 9.47 Å². The molecular formula is C20H24N2O5S. The first-order chi connectivity index (χ1) is 13.4. The third-order valence-electron chi connectivity index (χ3n) is 4.65. The van der Waals surface area contributed by atoms with Gasteiger partial charge in [-0.05, 0) is 43.3 Å². The summed E-state index contributed by atoms with van der Waals surface area (Å²) in [5, 5.41) is 0. The summed E-state index contributed by atoms with van der Waals surface area (Å²) in [4.78, 5) is 14.6. The lowest BCUT2D eigenvalue weighted by Crippen LogP contribution is -2.53. The summed E-state index contributed by atoms with van der Waals surface area (Å²) < 4.78 is 37.6. The van der Waals surface area contributed by atoms with Gasteiger partial charge in [0.2, 0.25) is 10.0 Å². The van der Waals surface area contributed by atoms with Gasteiger partial charge in [-0.3, -0.25) is 4.79 Å². The smallest absolute Gasteiger partial charge is 0.263 e. The van der Waals surface area contributed by atoms with Gasteiger partial charge in [-0.1, -0.05) is 18.2 Å². The highest BCUT2D eigenvalue weighted by Gasteiger charge is 2.31. The van der Waals surface area contributed by atoms with Crippen molar-refractivity contribution in [1.82, 2.24) is 9.21 Å². The average Bonchev–Trinajstić information content (AvgIpc) is 2.74. The highest BCUT2D eigenvalue weighted by molar-refractivity contribution is 7.89. The number of hydrogen-bond donors (Lipinski definition) is 0. The van der Waals surface area contributed by atoms with Gasteiger partial charge in [0, 0.05) is 26.2 Å². The second kappa shape index (κ2) is 8.62. The van der Waals surface area contributed by atoms with E-state index in [0.29, 0.717) is 24.6 Å². The normalized spacial score (nSPS) is 16.4. The Morgan fingerprint density at radius 3 is 2.07 bits per heavy atom. The van der Waals surface area contributed by atoms with E-state index in [1.165, 1.54) is 4.31 Å². The molecule has 0 spiro atoms. The summed E-state index contributed by atoms with van der Waals surface area (Å²) in [5.41, 5.74) is 0. The zero-order chi connectivity index (χ0) is 20.1. The van der Waals surface area contributed by atoms with Gasteiger partial charge in [0.15, 0.2) is 6.10 Å². The Kier molecular flexibility index (Phi) is 6.21. The van der Waals surface area contributed by atoms with Crippen LogP contribution in [0.1, 0.15) is 6.92 Å². The zero-order valence-electron chi connectivity index (χ0n) is 15.9. The molecule has 1 heterocycles. The van der Waals surface area contributed by atoms with Gasteiger partial charge in [0.25, 0.3) is 5.91 Å². The first-order valence-electron chi connectivity index (χ1n) is 9.06. The molecule has 0 N–H and O–H groups in total. The van der Waals surface area contributed by atoms with Gasteiger partial charge in [0.05, 0.1) is 12.0 Å². The number of rotatable bonds is 6. The van der Waals surface area contributed by atoms with Crippen molar-refractivity contribution in [3.05, 3.63) is 54.6 Å². The number of piperazine rings is 1. The number of hydrogen-bond acceptors (Lipinski definition) is 5. The second-order valence-electron chi connectivity index (χ2n) is 6.48. The maximum atomic E-state index is 12.7. The molecule has 1 fully saturated rings. The van der Waals surface area contributed by atoms with E-state index in [-0.39, 0.29) is 23.9 Å². The van der Waals surface area contributed by atoms with Crippen LogP contribution in [0.4, 0.5) is 0 Å². The molecule has 28 heavy (non-hydrogen) atoms. The molecule has 1 atom stereocenters.